The topological polar surface area (TPSA) is 90.4 Å². The number of hydrogen-bond acceptors (Lipinski definition) is 5. The first-order valence-electron chi connectivity index (χ1n) is 14.1. The molecule has 0 saturated carbocycles. The van der Waals surface area contributed by atoms with E-state index in [0.29, 0.717) is 25.2 Å². The lowest BCUT2D eigenvalue weighted by molar-refractivity contribution is -0.155. The monoisotopic (exact) mass is 537 g/mol. The Labute approximate surface area is 232 Å². The number of ether oxygens (including phenoxy) is 1. The van der Waals surface area contributed by atoms with Crippen molar-refractivity contribution in [1.82, 2.24) is 9.80 Å². The van der Waals surface area contributed by atoms with E-state index < -0.39 is 35.1 Å². The number of carbonyl (C=O) groups is 3. The van der Waals surface area contributed by atoms with Crippen molar-refractivity contribution in [1.29, 1.82) is 0 Å². The lowest BCUT2D eigenvalue weighted by Gasteiger charge is -2.39. The van der Waals surface area contributed by atoms with Crippen LogP contribution in [0.25, 0.3) is 0 Å². The molecule has 4 rings (SSSR count). The van der Waals surface area contributed by atoms with Gasteiger partial charge < -0.3 is 24.5 Å². The Hall–Kier alpha value is -2.97. The molecule has 3 amide bonds. The van der Waals surface area contributed by atoms with Crippen LogP contribution in [0.3, 0.4) is 0 Å². The average molecular weight is 538 g/mol. The van der Waals surface area contributed by atoms with Gasteiger partial charge in [-0.2, -0.15) is 0 Å². The highest BCUT2D eigenvalue weighted by molar-refractivity contribution is 6.03. The molecule has 7 atom stereocenters. The zero-order valence-electron chi connectivity index (χ0n) is 23.7. The van der Waals surface area contributed by atoms with E-state index >= 15 is 0 Å². The van der Waals surface area contributed by atoms with Crippen LogP contribution < -0.4 is 4.90 Å². The summed E-state index contributed by atoms with van der Waals surface area (Å²) in [6, 6.07) is 7.81. The number of anilines is 1. The van der Waals surface area contributed by atoms with Gasteiger partial charge in [-0.1, -0.05) is 50.6 Å². The molecule has 8 nitrogen and oxygen atoms in total. The molecule has 3 aliphatic heterocycles. The summed E-state index contributed by atoms with van der Waals surface area (Å²) in [5.41, 5.74) is -1.37. The first-order chi connectivity index (χ1) is 18.6. The highest BCUT2D eigenvalue weighted by atomic mass is 16.5. The minimum atomic E-state index is -1.16. The molecule has 1 spiro atoms. The van der Waals surface area contributed by atoms with Gasteiger partial charge in [-0.3, -0.25) is 14.4 Å². The third-order valence-corrected chi connectivity index (χ3v) is 9.08. The number of aliphatic hydroxyl groups is 1. The van der Waals surface area contributed by atoms with E-state index in [9.17, 15) is 19.5 Å². The van der Waals surface area contributed by atoms with Crippen LogP contribution >= 0.6 is 0 Å². The molecule has 1 N–H and O–H groups in total. The van der Waals surface area contributed by atoms with Gasteiger partial charge in [-0.25, -0.2) is 0 Å². The molecule has 1 aromatic carbocycles. The summed E-state index contributed by atoms with van der Waals surface area (Å²) < 4.78 is 6.85. The summed E-state index contributed by atoms with van der Waals surface area (Å²) in [4.78, 5) is 47.9. The van der Waals surface area contributed by atoms with E-state index in [1.54, 1.807) is 28.9 Å². The van der Waals surface area contributed by atoms with Crippen molar-refractivity contribution in [2.45, 2.75) is 70.2 Å². The number of nitrogens with zero attached hydrogens (tertiary/aromatic N) is 3. The molecule has 39 heavy (non-hydrogen) atoms. The van der Waals surface area contributed by atoms with Crippen LogP contribution in [0.1, 0.15) is 47.0 Å². The quantitative estimate of drug-likeness (QED) is 0.413. The van der Waals surface area contributed by atoms with Gasteiger partial charge in [0.2, 0.25) is 17.7 Å². The van der Waals surface area contributed by atoms with Crippen LogP contribution in [0.15, 0.2) is 55.6 Å². The number of para-hydroxylation sites is 1. The molecule has 3 unspecified atom stereocenters. The maximum Gasteiger partial charge on any atom is 0.248 e. The normalized spacial score (nSPS) is 31.6. The predicted octanol–water partition coefficient (Wildman–Crippen LogP) is 3.41. The van der Waals surface area contributed by atoms with Crippen LogP contribution in [0.2, 0.25) is 0 Å². The lowest BCUT2D eigenvalue weighted by Crippen LogP contribution is -2.58. The van der Waals surface area contributed by atoms with Gasteiger partial charge in [0.25, 0.3) is 0 Å². The van der Waals surface area contributed by atoms with Crippen LogP contribution in [-0.4, -0.2) is 82.2 Å². The van der Waals surface area contributed by atoms with Crippen molar-refractivity contribution in [3.8, 4) is 0 Å². The summed E-state index contributed by atoms with van der Waals surface area (Å²) in [6.45, 7) is 16.3. The number of unbranched alkanes of at least 4 members (excludes halogenated alkanes) is 1. The van der Waals surface area contributed by atoms with E-state index in [2.05, 4.69) is 20.1 Å². The number of benzene rings is 1. The van der Waals surface area contributed by atoms with E-state index in [0.717, 1.165) is 12.8 Å². The summed E-state index contributed by atoms with van der Waals surface area (Å²) in [5.74, 6) is -2.42. The molecule has 0 aromatic heterocycles. The lowest BCUT2D eigenvalue weighted by atomic mass is 9.62. The van der Waals surface area contributed by atoms with Gasteiger partial charge in [-0.05, 0) is 44.7 Å². The minimum absolute atomic E-state index is 0.0694. The largest absolute Gasteiger partial charge is 0.394 e. The summed E-state index contributed by atoms with van der Waals surface area (Å²) >= 11 is 0. The summed E-state index contributed by atoms with van der Waals surface area (Å²) in [5, 5.41) is 10.1. The maximum atomic E-state index is 14.4. The Kier molecular flexibility index (Phi) is 8.38. The van der Waals surface area contributed by atoms with E-state index in [-0.39, 0.29) is 36.8 Å². The minimum Gasteiger partial charge on any atom is -0.394 e. The molecular weight excluding hydrogens is 494 g/mol. The number of amides is 3. The average Bonchev–Trinajstić information content (AvgIpc) is 3.45. The highest BCUT2D eigenvalue weighted by Gasteiger charge is 2.80. The van der Waals surface area contributed by atoms with E-state index in [4.69, 9.17) is 4.74 Å². The van der Waals surface area contributed by atoms with Gasteiger partial charge in [0.1, 0.15) is 11.6 Å². The standard InChI is InChI=1S/C31H43N3O5/c1-7-10-18-32(16-8-2)29(38)26-31-19-21(4)30(6,39-31)24(25(31)28(37)34(26)22(5)20-35)27(36)33(17-9-3)23-14-12-11-13-15-23/h8-9,11-15,21-22,24-26,35H,2-3,7,10,16-20H2,1,4-6H3/t21?,22-,24+,25+,26?,30-,31?/m1/s1. The molecule has 3 saturated heterocycles. The molecule has 3 heterocycles. The van der Waals surface area contributed by atoms with Crippen molar-refractivity contribution in [2.24, 2.45) is 17.8 Å². The van der Waals surface area contributed by atoms with Gasteiger partial charge in [0.05, 0.1) is 30.1 Å². The molecule has 3 fully saturated rings. The van der Waals surface area contributed by atoms with Crippen LogP contribution in [0.4, 0.5) is 5.69 Å². The third kappa shape index (κ3) is 4.51. The second kappa shape index (κ2) is 11.3. The van der Waals surface area contributed by atoms with Crippen LogP contribution in [0, 0.1) is 17.8 Å². The van der Waals surface area contributed by atoms with Crippen molar-refractivity contribution < 1.29 is 24.2 Å². The fraction of sp³-hybridized carbons (Fsp3) is 0.581. The van der Waals surface area contributed by atoms with Crippen molar-refractivity contribution in [3.05, 3.63) is 55.6 Å². The van der Waals surface area contributed by atoms with E-state index in [1.165, 1.54) is 4.90 Å². The van der Waals surface area contributed by atoms with Crippen molar-refractivity contribution in [2.75, 3.05) is 31.1 Å². The first kappa shape index (κ1) is 29.0. The second-order valence-corrected chi connectivity index (χ2v) is 11.5. The smallest absolute Gasteiger partial charge is 0.248 e. The van der Waals surface area contributed by atoms with Crippen molar-refractivity contribution >= 4 is 23.4 Å². The summed E-state index contributed by atoms with van der Waals surface area (Å²) in [7, 11) is 0. The fourth-order valence-electron chi connectivity index (χ4n) is 7.09. The molecule has 0 radical (unpaired) electrons. The first-order valence-corrected chi connectivity index (χ1v) is 14.1. The molecule has 0 aliphatic carbocycles. The van der Waals surface area contributed by atoms with Gasteiger partial charge >= 0.3 is 0 Å². The number of fused-ring (bicyclic) bond motifs is 1. The zero-order valence-corrected chi connectivity index (χ0v) is 23.7. The van der Waals surface area contributed by atoms with Crippen molar-refractivity contribution in [3.63, 3.8) is 0 Å². The Balaban J connectivity index is 1.83. The highest BCUT2D eigenvalue weighted by Crippen LogP contribution is 2.65. The van der Waals surface area contributed by atoms with Gasteiger partial charge in [0.15, 0.2) is 0 Å². The number of hydrogen-bond donors (Lipinski definition) is 1. The van der Waals surface area contributed by atoms with Gasteiger partial charge in [0, 0.05) is 25.3 Å². The molecule has 1 aromatic rings. The van der Waals surface area contributed by atoms with Crippen LogP contribution in [0.5, 0.6) is 0 Å². The Morgan fingerprint density at radius 1 is 1.21 bits per heavy atom. The molecule has 212 valence electrons. The molecular formula is C31H43N3O5. The predicted molar refractivity (Wildman–Crippen MR) is 151 cm³/mol. The SMILES string of the molecule is C=CCN(CCCC)C(=O)C1N([C@H](C)CO)C(=O)[C@@H]2[C@@H](C(=O)N(CC=C)c3ccccc3)[C@]3(C)OC12CC3C. The molecule has 2 bridgehead atoms. The van der Waals surface area contributed by atoms with Gasteiger partial charge in [-0.15, -0.1) is 13.2 Å². The zero-order chi connectivity index (χ0) is 28.5. The Morgan fingerprint density at radius 2 is 1.87 bits per heavy atom. The third-order valence-electron chi connectivity index (χ3n) is 9.08. The van der Waals surface area contributed by atoms with E-state index in [1.807, 2.05) is 44.2 Å². The number of aliphatic hydroxyl groups excluding tert-OH is 1. The number of rotatable bonds is 12. The summed E-state index contributed by atoms with van der Waals surface area (Å²) in [6.07, 6.45) is 5.57. The Bertz CT molecular complexity index is 1110. The fourth-order valence-corrected chi connectivity index (χ4v) is 7.09. The molecule has 8 heteroatoms. The number of carbonyl (C=O) groups excluding carboxylic acids is 3. The molecule has 3 aliphatic rings. The Morgan fingerprint density at radius 3 is 2.46 bits per heavy atom. The number of likely N-dealkylation sites (tertiary alicyclic amines) is 1. The van der Waals surface area contributed by atoms with Crippen LogP contribution in [-0.2, 0) is 19.1 Å². The maximum absolute atomic E-state index is 14.4. The second-order valence-electron chi connectivity index (χ2n) is 11.5.